The van der Waals surface area contributed by atoms with Crippen LogP contribution in [-0.4, -0.2) is 41.1 Å². The Morgan fingerprint density at radius 1 is 1.47 bits per heavy atom. The van der Waals surface area contributed by atoms with E-state index in [-0.39, 0.29) is 11.8 Å². The summed E-state index contributed by atoms with van der Waals surface area (Å²) in [5, 5.41) is 11.5. The molecule has 0 saturated heterocycles. The molecule has 17 heavy (non-hydrogen) atoms. The van der Waals surface area contributed by atoms with E-state index in [0.29, 0.717) is 12.2 Å². The van der Waals surface area contributed by atoms with E-state index in [9.17, 15) is 9.59 Å². The standard InChI is InChI=1S/C11H22N2O3S/c1-4-7(2)9(12)10(14)13-8(11(15)16)5-6-17-3/h7-9H,4-6,12H2,1-3H3,(H,13,14)(H,15,16)/t7?,8-,9+/m1/s1. The highest BCUT2D eigenvalue weighted by atomic mass is 32.2. The lowest BCUT2D eigenvalue weighted by atomic mass is 9.99. The first kappa shape index (κ1) is 16.2. The molecule has 0 aliphatic carbocycles. The first-order chi connectivity index (χ1) is 7.93. The van der Waals surface area contributed by atoms with Crippen LogP contribution in [0.15, 0.2) is 0 Å². The summed E-state index contributed by atoms with van der Waals surface area (Å²) in [5.41, 5.74) is 5.74. The maximum Gasteiger partial charge on any atom is 0.326 e. The number of hydrogen-bond acceptors (Lipinski definition) is 4. The largest absolute Gasteiger partial charge is 0.480 e. The zero-order chi connectivity index (χ0) is 13.4. The second-order valence-electron chi connectivity index (χ2n) is 4.09. The second kappa shape index (κ2) is 8.36. The quantitative estimate of drug-likeness (QED) is 0.598. The van der Waals surface area contributed by atoms with E-state index in [1.807, 2.05) is 20.1 Å². The van der Waals surface area contributed by atoms with Crippen LogP contribution in [0.1, 0.15) is 26.7 Å². The minimum atomic E-state index is -1.01. The van der Waals surface area contributed by atoms with Crippen molar-refractivity contribution in [3.05, 3.63) is 0 Å². The number of carbonyl (C=O) groups is 2. The molecule has 0 spiro atoms. The lowest BCUT2D eigenvalue weighted by molar-refractivity contribution is -0.142. The van der Waals surface area contributed by atoms with Crippen LogP contribution in [0.5, 0.6) is 0 Å². The number of carboxylic acid groups (broad SMARTS) is 1. The van der Waals surface area contributed by atoms with Crippen molar-refractivity contribution in [1.82, 2.24) is 5.32 Å². The number of nitrogens with two attached hydrogens (primary N) is 1. The van der Waals surface area contributed by atoms with E-state index < -0.39 is 18.1 Å². The van der Waals surface area contributed by atoms with Gasteiger partial charge in [-0.2, -0.15) is 11.8 Å². The fourth-order valence-corrected chi connectivity index (χ4v) is 1.74. The number of rotatable bonds is 8. The molecule has 1 amide bonds. The van der Waals surface area contributed by atoms with Crippen LogP contribution in [-0.2, 0) is 9.59 Å². The maximum absolute atomic E-state index is 11.7. The smallest absolute Gasteiger partial charge is 0.326 e. The van der Waals surface area contributed by atoms with Gasteiger partial charge in [-0.3, -0.25) is 4.79 Å². The molecule has 4 N–H and O–H groups in total. The van der Waals surface area contributed by atoms with Crippen molar-refractivity contribution in [1.29, 1.82) is 0 Å². The third kappa shape index (κ3) is 5.93. The molecule has 0 aliphatic heterocycles. The van der Waals surface area contributed by atoms with Gasteiger partial charge in [0.25, 0.3) is 0 Å². The van der Waals surface area contributed by atoms with Gasteiger partial charge in [0.1, 0.15) is 6.04 Å². The highest BCUT2D eigenvalue weighted by molar-refractivity contribution is 7.98. The first-order valence-corrected chi connectivity index (χ1v) is 7.11. The predicted octanol–water partition coefficient (Wildman–Crippen LogP) is 0.682. The fraction of sp³-hybridized carbons (Fsp3) is 0.818. The lowest BCUT2D eigenvalue weighted by Gasteiger charge is -2.21. The molecule has 0 aromatic heterocycles. The number of carbonyl (C=O) groups excluding carboxylic acids is 1. The Bertz CT molecular complexity index is 261. The van der Waals surface area contributed by atoms with E-state index >= 15 is 0 Å². The van der Waals surface area contributed by atoms with Crippen molar-refractivity contribution < 1.29 is 14.7 Å². The van der Waals surface area contributed by atoms with Crippen molar-refractivity contribution in [2.75, 3.05) is 12.0 Å². The van der Waals surface area contributed by atoms with Crippen LogP contribution in [0.4, 0.5) is 0 Å². The zero-order valence-corrected chi connectivity index (χ0v) is 11.4. The Balaban J connectivity index is 4.34. The summed E-state index contributed by atoms with van der Waals surface area (Å²) in [6, 6.07) is -1.49. The van der Waals surface area contributed by atoms with Crippen molar-refractivity contribution in [2.24, 2.45) is 11.7 Å². The molecule has 0 heterocycles. The van der Waals surface area contributed by atoms with E-state index in [0.717, 1.165) is 6.42 Å². The topological polar surface area (TPSA) is 92.4 Å². The molecule has 6 heteroatoms. The summed E-state index contributed by atoms with van der Waals surface area (Å²) in [6.45, 7) is 3.82. The Labute approximate surface area is 107 Å². The molecule has 0 aromatic rings. The molecule has 5 nitrogen and oxygen atoms in total. The average molecular weight is 262 g/mol. The van der Waals surface area contributed by atoms with E-state index in [1.165, 1.54) is 0 Å². The highest BCUT2D eigenvalue weighted by Crippen LogP contribution is 2.07. The predicted molar refractivity (Wildman–Crippen MR) is 70.0 cm³/mol. The van der Waals surface area contributed by atoms with Gasteiger partial charge in [-0.05, 0) is 24.3 Å². The number of hydrogen-bond donors (Lipinski definition) is 3. The summed E-state index contributed by atoms with van der Waals surface area (Å²) < 4.78 is 0. The molecule has 0 fully saturated rings. The van der Waals surface area contributed by atoms with Crippen LogP contribution in [0.25, 0.3) is 0 Å². The highest BCUT2D eigenvalue weighted by Gasteiger charge is 2.25. The third-order valence-electron chi connectivity index (χ3n) is 2.78. The zero-order valence-electron chi connectivity index (χ0n) is 10.6. The van der Waals surface area contributed by atoms with E-state index in [1.54, 1.807) is 11.8 Å². The molecular formula is C11H22N2O3S. The summed E-state index contributed by atoms with van der Waals surface area (Å²) in [6.07, 6.45) is 3.10. The minimum absolute atomic E-state index is 0.0463. The number of nitrogens with one attached hydrogen (secondary N) is 1. The normalized spacial score (nSPS) is 16.0. The van der Waals surface area contributed by atoms with Gasteiger partial charge < -0.3 is 16.2 Å². The SMILES string of the molecule is CCC(C)[C@H](N)C(=O)N[C@H](CCSC)C(=O)O. The second-order valence-corrected chi connectivity index (χ2v) is 5.08. The number of amides is 1. The first-order valence-electron chi connectivity index (χ1n) is 5.71. The molecule has 0 bridgehead atoms. The number of aliphatic carboxylic acids is 1. The minimum Gasteiger partial charge on any atom is -0.480 e. The van der Waals surface area contributed by atoms with Crippen molar-refractivity contribution in [2.45, 2.75) is 38.8 Å². The van der Waals surface area contributed by atoms with Crippen LogP contribution in [0.2, 0.25) is 0 Å². The summed E-state index contributed by atoms with van der Waals surface area (Å²) in [5.74, 6) is -0.655. The number of thioether (sulfide) groups is 1. The summed E-state index contributed by atoms with van der Waals surface area (Å²) in [7, 11) is 0. The molecule has 0 aromatic carbocycles. The Kier molecular flexibility index (Phi) is 7.99. The molecule has 1 unspecified atom stereocenters. The van der Waals surface area contributed by atoms with Gasteiger partial charge in [0.05, 0.1) is 6.04 Å². The molecule has 0 saturated carbocycles. The van der Waals surface area contributed by atoms with Gasteiger partial charge in [0, 0.05) is 0 Å². The maximum atomic E-state index is 11.7. The van der Waals surface area contributed by atoms with Gasteiger partial charge in [-0.25, -0.2) is 4.79 Å². The van der Waals surface area contributed by atoms with Gasteiger partial charge in [0.15, 0.2) is 0 Å². The van der Waals surface area contributed by atoms with Crippen LogP contribution >= 0.6 is 11.8 Å². The number of carboxylic acids is 1. The molecule has 0 radical (unpaired) electrons. The molecule has 0 rings (SSSR count). The third-order valence-corrected chi connectivity index (χ3v) is 3.43. The fourth-order valence-electron chi connectivity index (χ4n) is 1.27. The van der Waals surface area contributed by atoms with Crippen LogP contribution in [0.3, 0.4) is 0 Å². The molecule has 3 atom stereocenters. The lowest BCUT2D eigenvalue weighted by Crippen LogP contribution is -2.50. The molecule has 0 aliphatic rings. The van der Waals surface area contributed by atoms with Gasteiger partial charge in [0.2, 0.25) is 5.91 Å². The van der Waals surface area contributed by atoms with Crippen molar-refractivity contribution in [3.8, 4) is 0 Å². The molecule has 100 valence electrons. The van der Waals surface area contributed by atoms with Crippen LogP contribution < -0.4 is 11.1 Å². The van der Waals surface area contributed by atoms with Gasteiger partial charge >= 0.3 is 5.97 Å². The summed E-state index contributed by atoms with van der Waals surface area (Å²) >= 11 is 1.55. The van der Waals surface area contributed by atoms with E-state index in [4.69, 9.17) is 10.8 Å². The monoisotopic (exact) mass is 262 g/mol. The van der Waals surface area contributed by atoms with Crippen molar-refractivity contribution >= 4 is 23.6 Å². The average Bonchev–Trinajstić information content (AvgIpc) is 2.31. The van der Waals surface area contributed by atoms with Crippen molar-refractivity contribution in [3.63, 3.8) is 0 Å². The van der Waals surface area contributed by atoms with Crippen LogP contribution in [0, 0.1) is 5.92 Å². The van der Waals surface area contributed by atoms with Gasteiger partial charge in [-0.15, -0.1) is 0 Å². The Morgan fingerprint density at radius 3 is 2.47 bits per heavy atom. The Morgan fingerprint density at radius 2 is 2.06 bits per heavy atom. The molecular weight excluding hydrogens is 240 g/mol. The Hall–Kier alpha value is -0.750. The van der Waals surface area contributed by atoms with E-state index in [2.05, 4.69) is 5.32 Å². The summed E-state index contributed by atoms with van der Waals surface area (Å²) in [4.78, 5) is 22.7. The van der Waals surface area contributed by atoms with Gasteiger partial charge in [-0.1, -0.05) is 20.3 Å².